The Kier molecular flexibility index (Phi) is 23.1. The molecule has 16 heteroatoms. The maximum absolute atomic E-state index is 13.7. The fourth-order valence-corrected chi connectivity index (χ4v) is 13.6. The van der Waals surface area contributed by atoms with Crippen LogP contribution in [0.15, 0.2) is 57.2 Å². The zero-order valence-corrected chi connectivity index (χ0v) is 43.4. The van der Waals surface area contributed by atoms with E-state index >= 15 is 0 Å². The lowest BCUT2D eigenvalue weighted by atomic mass is 9.69. The summed E-state index contributed by atoms with van der Waals surface area (Å²) >= 11 is 2.38. The summed E-state index contributed by atoms with van der Waals surface area (Å²) in [5.41, 5.74) is -0.0767. The van der Waals surface area contributed by atoms with Crippen molar-refractivity contribution in [3.8, 4) is 17.6 Å². The third-order valence-electron chi connectivity index (χ3n) is 15.4. The Labute approximate surface area is 433 Å². The molecule has 72 heavy (non-hydrogen) atoms. The number of nitrogens with zero attached hydrogens (tertiary/aromatic N) is 2. The van der Waals surface area contributed by atoms with Crippen LogP contribution in [-0.4, -0.2) is 62.2 Å². The van der Waals surface area contributed by atoms with Crippen molar-refractivity contribution in [1.82, 2.24) is 0 Å². The molecule has 0 atom stereocenters. The number of carbonyl (C=O) groups excluding carboxylic acids is 6. The summed E-state index contributed by atoms with van der Waals surface area (Å²) in [6.07, 6.45) is 22.7. The molecule has 0 spiro atoms. The van der Waals surface area contributed by atoms with Crippen molar-refractivity contribution >= 4 is 59.3 Å². The molecule has 0 N–H and O–H groups in total. The Morgan fingerprint density at radius 1 is 0.514 bits per heavy atom. The molecule has 4 fully saturated rings. The second kappa shape index (κ2) is 29.6. The molecule has 4 aliphatic carbocycles. The Hall–Kier alpha value is -5.06. The number of fused-ring (bicyclic) bond motifs is 1. The molecule has 1 heterocycles. The van der Waals surface area contributed by atoms with E-state index in [-0.39, 0.29) is 53.2 Å². The van der Waals surface area contributed by atoms with E-state index in [9.17, 15) is 34.0 Å². The van der Waals surface area contributed by atoms with Gasteiger partial charge in [-0.25, -0.2) is 19.7 Å². The summed E-state index contributed by atoms with van der Waals surface area (Å²) in [6, 6.07) is 5.27. The smallest absolute Gasteiger partial charge is 0.330 e. The molecule has 5 aliphatic rings. The highest BCUT2D eigenvalue weighted by Crippen LogP contribution is 2.59. The van der Waals surface area contributed by atoms with Crippen molar-refractivity contribution in [3.63, 3.8) is 0 Å². The highest BCUT2D eigenvalue weighted by Gasteiger charge is 2.39. The van der Waals surface area contributed by atoms with Gasteiger partial charge in [-0.05, 0) is 190 Å². The zero-order chi connectivity index (χ0) is 51.2. The predicted octanol–water partition coefficient (Wildman–Crippen LogP) is 12.2. The standard InChI is InChI=1S/C56H72N2O12S2/c1-4-48(59)65-32-10-6-8-12-34-67-52(61)41-22-14-37(15-23-41)39-18-26-43(27-19-39)54(63)69-46-30-31-47(51-50(46)71-56(72-51)45(36-57)58-3)70-55(64)44-28-20-40(21-29-44)38-16-24-42(25-17-38)53(62)68-35-13-9-7-11-33-66-49(60)5-2/h4-5,30-31,37-44H,1-2,6-29,32-35H2. The number of hydrogen-bond acceptors (Lipinski definition) is 15. The molecular formula is C56H72N2O12S2. The van der Waals surface area contributed by atoms with Crippen LogP contribution in [0.1, 0.15) is 154 Å². The summed E-state index contributed by atoms with van der Waals surface area (Å²) in [5, 5.41) is 9.73. The molecule has 1 aromatic carbocycles. The Morgan fingerprint density at radius 3 is 1.11 bits per heavy atom. The highest BCUT2D eigenvalue weighted by molar-refractivity contribution is 8.24. The van der Waals surface area contributed by atoms with Crippen LogP contribution in [0.3, 0.4) is 0 Å². The molecule has 0 radical (unpaired) electrons. The molecule has 0 amide bonds. The van der Waals surface area contributed by atoms with Crippen molar-refractivity contribution < 1.29 is 57.2 Å². The van der Waals surface area contributed by atoms with Crippen molar-refractivity contribution in [2.24, 2.45) is 47.3 Å². The average molecular weight is 1030 g/mol. The van der Waals surface area contributed by atoms with Gasteiger partial charge in [-0.3, -0.25) is 19.2 Å². The normalized spacial score (nSPS) is 24.7. The number of ether oxygens (including phenoxy) is 6. The fourth-order valence-electron chi connectivity index (χ4n) is 11.1. The SMILES string of the molecule is [C-]#[N+]C(C#N)=C1Sc2c(OC(=O)C3CCC(C4CCC(C(=O)OCCCCCCOC(=O)C=C)CC4)CC3)ccc(OC(=O)C3CCC(C4CCC(C(=O)OCCCCCCOC(=O)C=C)CC4)CC3)c2S1. The van der Waals surface area contributed by atoms with E-state index in [2.05, 4.69) is 18.0 Å². The summed E-state index contributed by atoms with van der Waals surface area (Å²) in [6.45, 7) is 15.9. The molecule has 0 aromatic heterocycles. The average Bonchev–Trinajstić information content (AvgIpc) is 3.87. The summed E-state index contributed by atoms with van der Waals surface area (Å²) in [5.74, 6) is 0.314. The number of esters is 6. The van der Waals surface area contributed by atoms with Gasteiger partial charge in [-0.1, -0.05) is 36.7 Å². The Morgan fingerprint density at radius 2 is 0.819 bits per heavy atom. The first kappa shape index (κ1) is 56.2. The van der Waals surface area contributed by atoms with E-state index in [1.54, 1.807) is 12.1 Å². The van der Waals surface area contributed by atoms with E-state index in [1.807, 2.05) is 6.07 Å². The van der Waals surface area contributed by atoms with Gasteiger partial charge in [-0.2, -0.15) is 0 Å². The van der Waals surface area contributed by atoms with Crippen LogP contribution in [0.2, 0.25) is 0 Å². The summed E-state index contributed by atoms with van der Waals surface area (Å²) in [7, 11) is 0. The second-order valence-corrected chi connectivity index (χ2v) is 22.3. The second-order valence-electron chi connectivity index (χ2n) is 20.0. The predicted molar refractivity (Wildman–Crippen MR) is 272 cm³/mol. The molecule has 1 aromatic rings. The van der Waals surface area contributed by atoms with Gasteiger partial charge in [0.2, 0.25) is 0 Å². The first-order chi connectivity index (χ1) is 35.0. The molecule has 1 aliphatic heterocycles. The molecular weight excluding hydrogens is 957 g/mol. The lowest BCUT2D eigenvalue weighted by Gasteiger charge is -2.36. The lowest BCUT2D eigenvalue weighted by Crippen LogP contribution is -2.31. The monoisotopic (exact) mass is 1030 g/mol. The van der Waals surface area contributed by atoms with E-state index < -0.39 is 11.9 Å². The van der Waals surface area contributed by atoms with Gasteiger partial charge in [0, 0.05) is 12.2 Å². The third-order valence-corrected chi connectivity index (χ3v) is 18.0. The third kappa shape index (κ3) is 16.7. The van der Waals surface area contributed by atoms with Gasteiger partial charge in [0.15, 0.2) is 0 Å². The molecule has 6 rings (SSSR count). The first-order valence-corrected chi connectivity index (χ1v) is 28.0. The minimum Gasteiger partial charge on any atom is -0.465 e. The molecule has 14 nitrogen and oxygen atoms in total. The number of nitriles is 1. The van der Waals surface area contributed by atoms with E-state index in [0.29, 0.717) is 101 Å². The molecule has 4 saturated carbocycles. The summed E-state index contributed by atoms with van der Waals surface area (Å²) < 4.78 is 33.8. The lowest BCUT2D eigenvalue weighted by molar-refractivity contribution is -0.151. The van der Waals surface area contributed by atoms with Crippen LogP contribution in [0.25, 0.3) is 4.85 Å². The van der Waals surface area contributed by atoms with Crippen LogP contribution in [0, 0.1) is 65.2 Å². The van der Waals surface area contributed by atoms with E-state index in [0.717, 1.165) is 141 Å². The van der Waals surface area contributed by atoms with E-state index in [4.69, 9.17) is 35.0 Å². The Balaban J connectivity index is 0.903. The van der Waals surface area contributed by atoms with Gasteiger partial charge >= 0.3 is 35.8 Å². The quantitative estimate of drug-likeness (QED) is 0.0181. The minimum atomic E-state index is -0.413. The number of benzene rings is 1. The Bertz CT molecular complexity index is 2030. The maximum atomic E-state index is 13.7. The highest BCUT2D eigenvalue weighted by atomic mass is 32.2. The number of unbranched alkanes of at least 4 members (excludes halogenated alkanes) is 6. The minimum absolute atomic E-state index is 0.0690. The van der Waals surface area contributed by atoms with Crippen molar-refractivity contribution in [3.05, 3.63) is 58.8 Å². The van der Waals surface area contributed by atoms with Crippen LogP contribution in [0.5, 0.6) is 11.5 Å². The van der Waals surface area contributed by atoms with Crippen LogP contribution in [-0.2, 0) is 47.7 Å². The summed E-state index contributed by atoms with van der Waals surface area (Å²) in [4.78, 5) is 79.8. The number of thioether (sulfide) groups is 2. The first-order valence-electron chi connectivity index (χ1n) is 26.4. The van der Waals surface area contributed by atoms with Crippen LogP contribution in [0.4, 0.5) is 0 Å². The number of rotatable bonds is 24. The van der Waals surface area contributed by atoms with Crippen LogP contribution < -0.4 is 9.47 Å². The maximum Gasteiger partial charge on any atom is 0.330 e. The molecule has 390 valence electrons. The van der Waals surface area contributed by atoms with Gasteiger partial charge in [-0.15, -0.1) is 0 Å². The van der Waals surface area contributed by atoms with Gasteiger partial charge in [0.05, 0.1) is 76.8 Å². The number of allylic oxidation sites excluding steroid dienone is 1. The largest absolute Gasteiger partial charge is 0.465 e. The van der Waals surface area contributed by atoms with Gasteiger partial charge in [0.25, 0.3) is 5.70 Å². The molecule has 0 bridgehead atoms. The van der Waals surface area contributed by atoms with Crippen LogP contribution >= 0.6 is 23.5 Å². The van der Waals surface area contributed by atoms with Crippen molar-refractivity contribution in [1.29, 1.82) is 5.26 Å². The number of hydrogen-bond donors (Lipinski definition) is 0. The van der Waals surface area contributed by atoms with Gasteiger partial charge < -0.3 is 28.4 Å². The topological polar surface area (TPSA) is 186 Å². The van der Waals surface area contributed by atoms with Gasteiger partial charge in [0.1, 0.15) is 11.5 Å². The van der Waals surface area contributed by atoms with Crippen molar-refractivity contribution in [2.75, 3.05) is 26.4 Å². The molecule has 0 saturated heterocycles. The van der Waals surface area contributed by atoms with E-state index in [1.165, 1.54) is 23.5 Å². The fraction of sp³-hybridized carbons (Fsp3) is 0.643. The molecule has 0 unspecified atom stereocenters. The number of carbonyl (C=O) groups is 6. The zero-order valence-electron chi connectivity index (χ0n) is 41.8. The van der Waals surface area contributed by atoms with Crippen molar-refractivity contribution in [2.45, 2.75) is 164 Å².